The first kappa shape index (κ1) is 19.7. The molecule has 0 saturated heterocycles. The highest BCUT2D eigenvalue weighted by atomic mass is 16.6. The van der Waals surface area contributed by atoms with Crippen molar-refractivity contribution in [3.8, 4) is 28.3 Å². The van der Waals surface area contributed by atoms with Crippen molar-refractivity contribution in [3.63, 3.8) is 0 Å². The van der Waals surface area contributed by atoms with Crippen LogP contribution in [0.15, 0.2) is 76.4 Å². The van der Waals surface area contributed by atoms with Gasteiger partial charge in [0.1, 0.15) is 17.3 Å². The van der Waals surface area contributed by atoms with Gasteiger partial charge in [-0.15, -0.1) is 5.10 Å². The van der Waals surface area contributed by atoms with Crippen LogP contribution in [0, 0.1) is 10.1 Å². The van der Waals surface area contributed by atoms with Crippen LogP contribution in [-0.4, -0.2) is 33.4 Å². The van der Waals surface area contributed by atoms with Gasteiger partial charge in [-0.3, -0.25) is 10.1 Å². The summed E-state index contributed by atoms with van der Waals surface area (Å²) in [6.45, 7) is 0. The van der Waals surface area contributed by atoms with E-state index >= 15 is 0 Å². The van der Waals surface area contributed by atoms with Crippen LogP contribution in [0.25, 0.3) is 22.6 Å². The molecule has 10 heteroatoms. The van der Waals surface area contributed by atoms with Crippen LogP contribution in [0.5, 0.6) is 5.75 Å². The van der Waals surface area contributed by atoms with Gasteiger partial charge in [-0.05, 0) is 36.4 Å². The van der Waals surface area contributed by atoms with Crippen molar-refractivity contribution in [2.45, 2.75) is 0 Å². The van der Waals surface area contributed by atoms with Crippen LogP contribution >= 0.6 is 0 Å². The fraction of sp³-hybridized carbons (Fsp3) is 0.0476. The Morgan fingerprint density at radius 2 is 1.97 bits per heavy atom. The molecule has 4 rings (SSSR count). The number of ether oxygens (including phenoxy) is 1. The molecule has 0 amide bonds. The quantitative estimate of drug-likeness (QED) is 0.270. The molecule has 10 nitrogen and oxygen atoms in total. The Hall–Kier alpha value is -4.60. The predicted octanol–water partition coefficient (Wildman–Crippen LogP) is 4.16. The zero-order valence-electron chi connectivity index (χ0n) is 16.3. The zero-order valence-corrected chi connectivity index (χ0v) is 16.3. The standard InChI is InChI=1S/C21H16N6O4/c1-30-17-7-5-14(6-8-17)19-13-23-26-21(24-19)25-22-12-18-9-10-20(31-18)15-3-2-4-16(11-15)27(28)29/h2-13H,1H3,(H,24,25,26)/b22-12+. The average Bonchev–Trinajstić information content (AvgIpc) is 3.28. The minimum absolute atomic E-state index is 0.00725. The molecule has 2 aromatic carbocycles. The molecule has 2 aromatic heterocycles. The van der Waals surface area contributed by atoms with E-state index in [0.29, 0.717) is 22.8 Å². The number of methoxy groups -OCH3 is 1. The number of aromatic nitrogens is 3. The number of furan rings is 1. The number of nitro benzene ring substituents is 1. The fourth-order valence-corrected chi connectivity index (χ4v) is 2.76. The van der Waals surface area contributed by atoms with Crippen molar-refractivity contribution < 1.29 is 14.1 Å². The summed E-state index contributed by atoms with van der Waals surface area (Å²) in [7, 11) is 1.60. The van der Waals surface area contributed by atoms with Crippen molar-refractivity contribution >= 4 is 17.9 Å². The molecule has 1 N–H and O–H groups in total. The molecule has 0 unspecified atom stereocenters. The number of hydrogen-bond donors (Lipinski definition) is 1. The number of nitro groups is 1. The van der Waals surface area contributed by atoms with Crippen molar-refractivity contribution in [2.24, 2.45) is 5.10 Å². The number of hydrogen-bond acceptors (Lipinski definition) is 9. The molecule has 0 atom stereocenters. The molecule has 154 valence electrons. The largest absolute Gasteiger partial charge is 0.497 e. The van der Waals surface area contributed by atoms with Gasteiger partial charge in [0, 0.05) is 23.3 Å². The van der Waals surface area contributed by atoms with E-state index in [4.69, 9.17) is 9.15 Å². The Morgan fingerprint density at radius 3 is 2.74 bits per heavy atom. The molecule has 0 aliphatic carbocycles. The molecular weight excluding hydrogens is 400 g/mol. The van der Waals surface area contributed by atoms with Crippen LogP contribution in [0.4, 0.5) is 11.6 Å². The van der Waals surface area contributed by atoms with Gasteiger partial charge in [-0.1, -0.05) is 12.1 Å². The third kappa shape index (κ3) is 4.70. The average molecular weight is 416 g/mol. The third-order valence-electron chi connectivity index (χ3n) is 4.27. The van der Waals surface area contributed by atoms with Gasteiger partial charge in [-0.2, -0.15) is 10.2 Å². The number of nitrogens with one attached hydrogen (secondary N) is 1. The number of anilines is 1. The van der Waals surface area contributed by atoms with Crippen molar-refractivity contribution in [1.82, 2.24) is 15.2 Å². The molecule has 0 spiro atoms. The van der Waals surface area contributed by atoms with Crippen LogP contribution in [0.3, 0.4) is 0 Å². The van der Waals surface area contributed by atoms with E-state index in [1.54, 1.807) is 37.6 Å². The molecule has 0 saturated carbocycles. The summed E-state index contributed by atoms with van der Waals surface area (Å²) in [5, 5.41) is 22.8. The SMILES string of the molecule is COc1ccc(-c2cnnc(N/N=C/c3ccc(-c4cccc([N+](=O)[O-])c4)o3)n2)cc1. The van der Waals surface area contributed by atoms with E-state index in [9.17, 15) is 10.1 Å². The molecule has 0 bridgehead atoms. The predicted molar refractivity (Wildman–Crippen MR) is 114 cm³/mol. The molecule has 2 heterocycles. The van der Waals surface area contributed by atoms with Gasteiger partial charge in [-0.25, -0.2) is 10.4 Å². The topological polar surface area (TPSA) is 129 Å². The first-order valence-corrected chi connectivity index (χ1v) is 9.10. The highest BCUT2D eigenvalue weighted by molar-refractivity contribution is 5.78. The number of hydrazone groups is 1. The summed E-state index contributed by atoms with van der Waals surface area (Å²) in [6, 6.07) is 17.0. The third-order valence-corrected chi connectivity index (χ3v) is 4.27. The van der Waals surface area contributed by atoms with Gasteiger partial charge in [0.2, 0.25) is 0 Å². The summed E-state index contributed by atoms with van der Waals surface area (Å²) >= 11 is 0. The lowest BCUT2D eigenvalue weighted by Crippen LogP contribution is -1.99. The molecule has 0 fully saturated rings. The summed E-state index contributed by atoms with van der Waals surface area (Å²) in [6.07, 6.45) is 3.00. The van der Waals surface area contributed by atoms with Gasteiger partial charge in [0.15, 0.2) is 0 Å². The normalized spacial score (nSPS) is 10.9. The number of non-ortho nitro benzene ring substituents is 1. The molecule has 0 aliphatic rings. The zero-order chi connectivity index (χ0) is 21.6. The highest BCUT2D eigenvalue weighted by Gasteiger charge is 2.10. The van der Waals surface area contributed by atoms with Gasteiger partial charge in [0.05, 0.1) is 30.1 Å². The second-order valence-electron chi connectivity index (χ2n) is 6.27. The number of rotatable bonds is 7. The first-order chi connectivity index (χ1) is 15.1. The summed E-state index contributed by atoms with van der Waals surface area (Å²) in [5.41, 5.74) is 4.78. The Morgan fingerprint density at radius 1 is 1.13 bits per heavy atom. The lowest BCUT2D eigenvalue weighted by Gasteiger charge is -2.03. The second-order valence-corrected chi connectivity index (χ2v) is 6.27. The highest BCUT2D eigenvalue weighted by Crippen LogP contribution is 2.25. The molecule has 4 aromatic rings. The van der Waals surface area contributed by atoms with Crippen LogP contribution in [0.2, 0.25) is 0 Å². The van der Waals surface area contributed by atoms with Gasteiger partial charge in [0.25, 0.3) is 11.6 Å². The first-order valence-electron chi connectivity index (χ1n) is 9.10. The Labute approximate surface area is 176 Å². The van der Waals surface area contributed by atoms with E-state index in [1.807, 2.05) is 24.3 Å². The van der Waals surface area contributed by atoms with E-state index in [2.05, 4.69) is 25.7 Å². The Balaban J connectivity index is 1.45. The van der Waals surface area contributed by atoms with Crippen LogP contribution in [0.1, 0.15) is 5.76 Å². The maximum atomic E-state index is 10.9. The summed E-state index contributed by atoms with van der Waals surface area (Å²) in [4.78, 5) is 14.9. The molecule has 31 heavy (non-hydrogen) atoms. The van der Waals surface area contributed by atoms with Crippen molar-refractivity contribution in [2.75, 3.05) is 12.5 Å². The summed E-state index contributed by atoms with van der Waals surface area (Å²) in [5.74, 6) is 1.91. The van der Waals surface area contributed by atoms with E-state index < -0.39 is 4.92 Å². The van der Waals surface area contributed by atoms with E-state index in [1.165, 1.54) is 18.3 Å². The maximum absolute atomic E-state index is 10.9. The minimum atomic E-state index is -0.452. The number of nitrogens with zero attached hydrogens (tertiary/aromatic N) is 5. The van der Waals surface area contributed by atoms with E-state index in [0.717, 1.165) is 11.3 Å². The Bertz CT molecular complexity index is 1240. The smallest absolute Gasteiger partial charge is 0.270 e. The second kappa shape index (κ2) is 8.82. The number of benzene rings is 2. The van der Waals surface area contributed by atoms with Crippen molar-refractivity contribution in [1.29, 1.82) is 0 Å². The monoisotopic (exact) mass is 416 g/mol. The maximum Gasteiger partial charge on any atom is 0.270 e. The minimum Gasteiger partial charge on any atom is -0.497 e. The fourth-order valence-electron chi connectivity index (χ4n) is 2.76. The van der Waals surface area contributed by atoms with E-state index in [-0.39, 0.29) is 11.6 Å². The Kier molecular flexibility index (Phi) is 5.61. The lowest BCUT2D eigenvalue weighted by molar-refractivity contribution is -0.384. The van der Waals surface area contributed by atoms with Crippen molar-refractivity contribution in [3.05, 3.63) is 82.7 Å². The van der Waals surface area contributed by atoms with Crippen LogP contribution in [-0.2, 0) is 0 Å². The summed E-state index contributed by atoms with van der Waals surface area (Å²) < 4.78 is 10.8. The lowest BCUT2D eigenvalue weighted by atomic mass is 10.1. The van der Waals surface area contributed by atoms with Crippen LogP contribution < -0.4 is 10.2 Å². The molecule has 0 aliphatic heterocycles. The molecular formula is C21H16N6O4. The van der Waals surface area contributed by atoms with Gasteiger partial charge >= 0.3 is 0 Å². The van der Waals surface area contributed by atoms with Gasteiger partial charge < -0.3 is 9.15 Å². The molecule has 0 radical (unpaired) electrons.